The van der Waals surface area contributed by atoms with Gasteiger partial charge in [0, 0.05) is 0 Å². The Balaban J connectivity index is 2.92. The van der Waals surface area contributed by atoms with E-state index >= 15 is 0 Å². The number of methoxy groups -OCH3 is 1. The first-order chi connectivity index (χ1) is 12.9. The first kappa shape index (κ1) is 22.7. The molecular formula is C20H28O7. The van der Waals surface area contributed by atoms with Crippen LogP contribution < -0.4 is 4.74 Å². The van der Waals surface area contributed by atoms with Crippen LogP contribution in [-0.2, 0) is 30.4 Å². The molecule has 0 fully saturated rings. The Morgan fingerprint density at radius 1 is 1.11 bits per heavy atom. The number of aliphatic hydroxyl groups is 1. The van der Waals surface area contributed by atoms with Gasteiger partial charge in [0.2, 0.25) is 0 Å². The van der Waals surface area contributed by atoms with Crippen LogP contribution in [0.3, 0.4) is 0 Å². The van der Waals surface area contributed by atoms with Crippen LogP contribution in [0, 0.1) is 5.92 Å². The number of hydrogen-bond acceptors (Lipinski definition) is 7. The summed E-state index contributed by atoms with van der Waals surface area (Å²) in [5.74, 6) is -2.34. The summed E-state index contributed by atoms with van der Waals surface area (Å²) in [5, 5.41) is 10.9. The van der Waals surface area contributed by atoms with Gasteiger partial charge in [-0.05, 0) is 38.5 Å². The fraction of sp³-hybridized carbons (Fsp3) is 0.500. The predicted octanol–water partition coefficient (Wildman–Crippen LogP) is 2.26. The van der Waals surface area contributed by atoms with Gasteiger partial charge in [-0.25, -0.2) is 9.59 Å². The van der Waals surface area contributed by atoms with E-state index < -0.39 is 23.5 Å². The Labute approximate surface area is 159 Å². The summed E-state index contributed by atoms with van der Waals surface area (Å²) in [5.41, 5.74) is -1.59. The first-order valence-corrected chi connectivity index (χ1v) is 8.84. The van der Waals surface area contributed by atoms with Crippen LogP contribution >= 0.6 is 0 Å². The molecule has 1 rings (SSSR count). The van der Waals surface area contributed by atoms with Gasteiger partial charge >= 0.3 is 11.9 Å². The van der Waals surface area contributed by atoms with Crippen molar-refractivity contribution in [2.45, 2.75) is 33.0 Å². The lowest BCUT2D eigenvalue weighted by molar-refractivity contribution is -0.190. The maximum absolute atomic E-state index is 12.3. The molecule has 150 valence electrons. The topological polar surface area (TPSA) is 91.3 Å². The molecule has 27 heavy (non-hydrogen) atoms. The molecule has 7 nitrogen and oxygen atoms in total. The smallest absolute Gasteiger partial charge is 0.350 e. The summed E-state index contributed by atoms with van der Waals surface area (Å²) in [7, 11) is 1.58. The molecule has 0 bridgehead atoms. The normalized spacial score (nSPS) is 12.6. The molecule has 7 heteroatoms. The van der Waals surface area contributed by atoms with E-state index in [4.69, 9.17) is 18.9 Å². The van der Waals surface area contributed by atoms with E-state index in [-0.39, 0.29) is 26.4 Å². The van der Waals surface area contributed by atoms with Gasteiger partial charge in [0.15, 0.2) is 0 Å². The molecule has 1 unspecified atom stereocenters. The molecule has 1 N–H and O–H groups in total. The van der Waals surface area contributed by atoms with Gasteiger partial charge in [0.05, 0.1) is 39.5 Å². The van der Waals surface area contributed by atoms with Gasteiger partial charge in [-0.15, -0.1) is 0 Å². The highest BCUT2D eigenvalue weighted by molar-refractivity contribution is 6.04. The van der Waals surface area contributed by atoms with E-state index in [1.807, 2.05) is 12.1 Å². The number of allylic oxidation sites excluding steroid dienone is 1. The number of benzene rings is 1. The fourth-order valence-electron chi connectivity index (χ4n) is 2.44. The Morgan fingerprint density at radius 2 is 1.67 bits per heavy atom. The second-order valence-corrected chi connectivity index (χ2v) is 5.70. The molecule has 0 heterocycles. The summed E-state index contributed by atoms with van der Waals surface area (Å²) in [4.78, 5) is 24.6. The molecule has 1 aromatic rings. The summed E-state index contributed by atoms with van der Waals surface area (Å²) in [6.07, 6.45) is 3.16. The minimum atomic E-state index is -2.47. The van der Waals surface area contributed by atoms with Crippen LogP contribution in [0.1, 0.15) is 26.3 Å². The zero-order valence-electron chi connectivity index (χ0n) is 16.3. The van der Waals surface area contributed by atoms with Crippen molar-refractivity contribution in [2.75, 3.05) is 26.9 Å². The maximum Gasteiger partial charge on any atom is 0.350 e. The van der Waals surface area contributed by atoms with Gasteiger partial charge < -0.3 is 24.1 Å². The monoisotopic (exact) mass is 380 g/mol. The number of esters is 2. The molecule has 0 saturated heterocycles. The van der Waals surface area contributed by atoms with E-state index in [9.17, 15) is 14.7 Å². The van der Waals surface area contributed by atoms with E-state index in [1.54, 1.807) is 46.1 Å². The van der Waals surface area contributed by atoms with Gasteiger partial charge in [-0.2, -0.15) is 0 Å². The van der Waals surface area contributed by atoms with Crippen molar-refractivity contribution < 1.29 is 33.6 Å². The number of rotatable bonds is 11. The highest BCUT2D eigenvalue weighted by Gasteiger charge is 2.53. The van der Waals surface area contributed by atoms with Crippen molar-refractivity contribution in [3.63, 3.8) is 0 Å². The molecule has 0 aliphatic heterocycles. The first-order valence-electron chi connectivity index (χ1n) is 8.84. The molecule has 1 atom stereocenters. The maximum atomic E-state index is 12.3. The average Bonchev–Trinajstić information content (AvgIpc) is 2.67. The number of carbonyl (C=O) groups is 2. The lowest BCUT2D eigenvalue weighted by atomic mass is 9.87. The van der Waals surface area contributed by atoms with Crippen molar-refractivity contribution in [1.82, 2.24) is 0 Å². The fourth-order valence-corrected chi connectivity index (χ4v) is 2.44. The Hall–Kier alpha value is -2.38. The summed E-state index contributed by atoms with van der Waals surface area (Å²) in [6, 6.07) is 7.28. The summed E-state index contributed by atoms with van der Waals surface area (Å²) >= 11 is 0. The largest absolute Gasteiger partial charge is 0.497 e. The lowest BCUT2D eigenvalue weighted by Crippen LogP contribution is -2.55. The zero-order chi connectivity index (χ0) is 20.3. The van der Waals surface area contributed by atoms with Crippen molar-refractivity contribution in [2.24, 2.45) is 5.92 Å². The van der Waals surface area contributed by atoms with Gasteiger partial charge in [-0.3, -0.25) is 0 Å². The van der Waals surface area contributed by atoms with Crippen LogP contribution in [-0.4, -0.2) is 49.6 Å². The minimum absolute atomic E-state index is 0.0236. The van der Waals surface area contributed by atoms with E-state index in [1.165, 1.54) is 6.08 Å². The molecule has 0 radical (unpaired) electrons. The molecule has 0 aromatic heterocycles. The molecule has 0 aliphatic carbocycles. The predicted molar refractivity (Wildman–Crippen MR) is 99.2 cm³/mol. The van der Waals surface area contributed by atoms with Crippen LogP contribution in [0.4, 0.5) is 0 Å². The highest BCUT2D eigenvalue weighted by Crippen LogP contribution is 2.25. The quantitative estimate of drug-likeness (QED) is 0.358. The zero-order valence-corrected chi connectivity index (χ0v) is 16.3. The van der Waals surface area contributed by atoms with E-state index in [0.717, 1.165) is 11.3 Å². The molecule has 0 aliphatic rings. The third-order valence-electron chi connectivity index (χ3n) is 3.86. The van der Waals surface area contributed by atoms with Crippen LogP contribution in [0.15, 0.2) is 36.4 Å². The SMILES string of the molecule is C/C=C/C(COCc1ccc(OC)cc1)C(O)(C(=O)OCC)C(=O)OCC. The molecule has 1 aromatic carbocycles. The van der Waals surface area contributed by atoms with Crippen molar-refractivity contribution in [3.05, 3.63) is 42.0 Å². The third-order valence-corrected chi connectivity index (χ3v) is 3.86. The molecule has 0 spiro atoms. The Morgan fingerprint density at radius 3 is 2.11 bits per heavy atom. The van der Waals surface area contributed by atoms with E-state index in [2.05, 4.69) is 0 Å². The highest BCUT2D eigenvalue weighted by atomic mass is 16.6. The van der Waals surface area contributed by atoms with Gasteiger partial charge in [0.1, 0.15) is 5.75 Å². The summed E-state index contributed by atoms with van der Waals surface area (Å²) in [6.45, 7) is 5.10. The molecule has 0 amide bonds. The number of hydrogen-bond donors (Lipinski definition) is 1. The van der Waals surface area contributed by atoms with Crippen molar-refractivity contribution in [1.29, 1.82) is 0 Å². The van der Waals surface area contributed by atoms with E-state index in [0.29, 0.717) is 0 Å². The number of carbonyl (C=O) groups excluding carboxylic acids is 2. The van der Waals surface area contributed by atoms with Crippen LogP contribution in [0.25, 0.3) is 0 Å². The average molecular weight is 380 g/mol. The Bertz CT molecular complexity index is 604. The van der Waals surface area contributed by atoms with Gasteiger partial charge in [-0.1, -0.05) is 24.3 Å². The second kappa shape index (κ2) is 11.4. The second-order valence-electron chi connectivity index (χ2n) is 5.70. The minimum Gasteiger partial charge on any atom is -0.497 e. The standard InChI is InChI=1S/C20H28O7/c1-5-8-16(14-25-13-15-9-11-17(24-4)12-10-15)20(23,18(21)26-6-2)19(22)27-7-3/h5,8-12,16,23H,6-7,13-14H2,1-4H3/b8-5+. The van der Waals surface area contributed by atoms with Crippen LogP contribution in [0.5, 0.6) is 5.75 Å². The van der Waals surface area contributed by atoms with Crippen molar-refractivity contribution >= 4 is 11.9 Å². The van der Waals surface area contributed by atoms with Crippen molar-refractivity contribution in [3.8, 4) is 5.75 Å². The lowest BCUT2D eigenvalue weighted by Gasteiger charge is -2.29. The molecule has 0 saturated carbocycles. The third kappa shape index (κ3) is 6.08. The molecular weight excluding hydrogens is 352 g/mol. The van der Waals surface area contributed by atoms with Gasteiger partial charge in [0.25, 0.3) is 5.60 Å². The number of ether oxygens (including phenoxy) is 4. The Kier molecular flexibility index (Phi) is 9.53. The van der Waals surface area contributed by atoms with Crippen LogP contribution in [0.2, 0.25) is 0 Å². The summed E-state index contributed by atoms with van der Waals surface area (Å²) < 4.78 is 20.5.